The molecule has 0 spiro atoms. The molecule has 2 N–H and O–H groups in total. The Bertz CT molecular complexity index is 531. The van der Waals surface area contributed by atoms with Gasteiger partial charge in [-0.25, -0.2) is 4.90 Å². The second-order valence-corrected chi connectivity index (χ2v) is 3.85. The van der Waals surface area contributed by atoms with Crippen LogP contribution in [0.1, 0.15) is 18.4 Å². The third-order valence-electron chi connectivity index (χ3n) is 2.64. The lowest BCUT2D eigenvalue weighted by atomic mass is 10.1. The van der Waals surface area contributed by atoms with Crippen molar-refractivity contribution in [1.82, 2.24) is 0 Å². The summed E-state index contributed by atoms with van der Waals surface area (Å²) in [5, 5.41) is 8.43. The van der Waals surface area contributed by atoms with Gasteiger partial charge in [0.2, 0.25) is 11.8 Å². The van der Waals surface area contributed by atoms with E-state index in [9.17, 15) is 9.59 Å². The van der Waals surface area contributed by atoms with Crippen LogP contribution in [-0.2, 0) is 16.0 Å². The van der Waals surface area contributed by atoms with E-state index in [1.165, 1.54) is 0 Å². The Morgan fingerprint density at radius 3 is 3.00 bits per heavy atom. The molecular formula is C12H11N3O2. The van der Waals surface area contributed by atoms with Gasteiger partial charge in [0.15, 0.2) is 0 Å². The molecule has 0 unspecified atom stereocenters. The molecule has 2 rings (SSSR count). The Kier molecular flexibility index (Phi) is 2.79. The second kappa shape index (κ2) is 4.26. The van der Waals surface area contributed by atoms with Gasteiger partial charge in [-0.3, -0.25) is 9.59 Å². The van der Waals surface area contributed by atoms with Gasteiger partial charge in [-0.2, -0.15) is 5.26 Å². The molecular weight excluding hydrogens is 218 g/mol. The van der Waals surface area contributed by atoms with Crippen molar-refractivity contribution in [2.45, 2.75) is 19.3 Å². The van der Waals surface area contributed by atoms with Gasteiger partial charge in [-0.05, 0) is 23.8 Å². The number of amides is 2. The van der Waals surface area contributed by atoms with Gasteiger partial charge in [-0.1, -0.05) is 0 Å². The molecule has 5 nitrogen and oxygen atoms in total. The Morgan fingerprint density at radius 2 is 2.29 bits per heavy atom. The molecule has 17 heavy (non-hydrogen) atoms. The average Bonchev–Trinajstić information content (AvgIpc) is 2.61. The highest BCUT2D eigenvalue weighted by molar-refractivity contribution is 6.19. The number of nitrogen functional groups attached to an aromatic ring is 1. The average molecular weight is 229 g/mol. The number of nitrogens with two attached hydrogens (primary N) is 1. The van der Waals surface area contributed by atoms with Gasteiger partial charge in [0, 0.05) is 18.5 Å². The predicted molar refractivity (Wildman–Crippen MR) is 61.9 cm³/mol. The van der Waals surface area contributed by atoms with Crippen molar-refractivity contribution in [1.29, 1.82) is 5.26 Å². The fourth-order valence-corrected chi connectivity index (χ4v) is 1.89. The maximum absolute atomic E-state index is 11.8. The van der Waals surface area contributed by atoms with Crippen LogP contribution in [0, 0.1) is 11.3 Å². The number of carbonyl (C=O) groups is 2. The fourth-order valence-electron chi connectivity index (χ4n) is 1.89. The minimum Gasteiger partial charge on any atom is -0.399 e. The summed E-state index contributed by atoms with van der Waals surface area (Å²) in [7, 11) is 0. The summed E-state index contributed by atoms with van der Waals surface area (Å²) in [6.07, 6.45) is 0.373. The molecule has 0 aromatic heterocycles. The summed E-state index contributed by atoms with van der Waals surface area (Å²) in [6.45, 7) is 0. The number of hydrogen-bond donors (Lipinski definition) is 1. The van der Waals surface area contributed by atoms with Crippen LogP contribution in [0.25, 0.3) is 0 Å². The monoisotopic (exact) mass is 229 g/mol. The Labute approximate surface area is 98.4 Å². The van der Waals surface area contributed by atoms with Gasteiger partial charge in [0.1, 0.15) is 0 Å². The lowest BCUT2D eigenvalue weighted by Gasteiger charge is -2.14. The molecule has 0 saturated carbocycles. The highest BCUT2D eigenvalue weighted by Crippen LogP contribution is 2.31. The molecule has 2 amide bonds. The van der Waals surface area contributed by atoms with Gasteiger partial charge < -0.3 is 5.73 Å². The molecule has 0 fully saturated rings. The maximum atomic E-state index is 11.8. The van der Waals surface area contributed by atoms with Gasteiger partial charge in [0.25, 0.3) is 0 Å². The largest absolute Gasteiger partial charge is 0.399 e. The Morgan fingerprint density at radius 1 is 1.53 bits per heavy atom. The van der Waals surface area contributed by atoms with E-state index < -0.39 is 0 Å². The Hall–Kier alpha value is -2.35. The zero-order chi connectivity index (χ0) is 12.4. The summed E-state index contributed by atoms with van der Waals surface area (Å²) in [5.74, 6) is -0.589. The number of carbonyl (C=O) groups excluding carboxylic acids is 2. The van der Waals surface area contributed by atoms with Crippen molar-refractivity contribution >= 4 is 23.2 Å². The van der Waals surface area contributed by atoms with Crippen LogP contribution in [0.3, 0.4) is 0 Å². The van der Waals surface area contributed by atoms with E-state index in [0.717, 1.165) is 10.5 Å². The fraction of sp³-hybridized carbons (Fsp3) is 0.250. The molecule has 0 aliphatic carbocycles. The van der Waals surface area contributed by atoms with Crippen molar-refractivity contribution in [3.63, 3.8) is 0 Å². The first-order chi connectivity index (χ1) is 8.13. The summed E-state index contributed by atoms with van der Waals surface area (Å²) >= 11 is 0. The third-order valence-corrected chi connectivity index (χ3v) is 2.64. The number of benzene rings is 1. The van der Waals surface area contributed by atoms with E-state index in [1.54, 1.807) is 18.2 Å². The number of anilines is 2. The van der Waals surface area contributed by atoms with Gasteiger partial charge in [-0.15, -0.1) is 0 Å². The van der Waals surface area contributed by atoms with E-state index >= 15 is 0 Å². The first kappa shape index (κ1) is 11.1. The molecule has 5 heteroatoms. The van der Waals surface area contributed by atoms with Crippen LogP contribution < -0.4 is 10.6 Å². The van der Waals surface area contributed by atoms with Gasteiger partial charge >= 0.3 is 0 Å². The number of fused-ring (bicyclic) bond motifs is 1. The normalized spacial score (nSPS) is 13.4. The van der Waals surface area contributed by atoms with Crippen molar-refractivity contribution in [3.8, 4) is 6.07 Å². The van der Waals surface area contributed by atoms with Crippen LogP contribution in [0.5, 0.6) is 0 Å². The van der Waals surface area contributed by atoms with E-state index in [4.69, 9.17) is 11.0 Å². The number of rotatable bonds is 2. The summed E-state index contributed by atoms with van der Waals surface area (Å²) in [4.78, 5) is 24.7. The van der Waals surface area contributed by atoms with Crippen LogP contribution in [-0.4, -0.2) is 11.8 Å². The molecule has 0 radical (unpaired) electrons. The van der Waals surface area contributed by atoms with E-state index in [2.05, 4.69) is 0 Å². The van der Waals surface area contributed by atoms with E-state index in [0.29, 0.717) is 11.4 Å². The highest BCUT2D eigenvalue weighted by Gasteiger charge is 2.31. The first-order valence-corrected chi connectivity index (χ1v) is 5.24. The summed E-state index contributed by atoms with van der Waals surface area (Å²) in [5.41, 5.74) is 7.55. The zero-order valence-corrected chi connectivity index (χ0v) is 9.14. The predicted octanol–water partition coefficient (Wildman–Crippen LogP) is 0.988. The van der Waals surface area contributed by atoms with E-state index in [1.807, 2.05) is 6.07 Å². The number of nitrogens with zero attached hydrogens (tertiary/aromatic N) is 2. The molecule has 86 valence electrons. The first-order valence-electron chi connectivity index (χ1n) is 5.24. The molecule has 0 bridgehead atoms. The van der Waals surface area contributed by atoms with Crippen molar-refractivity contribution in [2.75, 3.05) is 10.6 Å². The lowest BCUT2D eigenvalue weighted by Crippen LogP contribution is -2.33. The van der Waals surface area contributed by atoms with Gasteiger partial charge in [0.05, 0.1) is 18.2 Å². The van der Waals surface area contributed by atoms with Crippen LogP contribution in [0.15, 0.2) is 18.2 Å². The standard InChI is InChI=1S/C12H11N3O2/c13-5-1-2-11(16)15-10-4-3-9(14)6-8(10)7-12(15)17/h3-4,6H,1-2,7,14H2. The topological polar surface area (TPSA) is 87.2 Å². The second-order valence-electron chi connectivity index (χ2n) is 3.85. The molecule has 0 saturated heterocycles. The minimum absolute atomic E-state index is 0.0616. The van der Waals surface area contributed by atoms with Crippen molar-refractivity contribution < 1.29 is 9.59 Å². The van der Waals surface area contributed by atoms with E-state index in [-0.39, 0.29) is 31.1 Å². The number of imide groups is 1. The van der Waals surface area contributed by atoms with Crippen LogP contribution in [0.4, 0.5) is 11.4 Å². The minimum atomic E-state index is -0.333. The summed E-state index contributed by atoms with van der Waals surface area (Å²) in [6, 6.07) is 6.91. The van der Waals surface area contributed by atoms with Crippen LogP contribution in [0.2, 0.25) is 0 Å². The molecule has 1 aromatic carbocycles. The number of hydrogen-bond acceptors (Lipinski definition) is 4. The maximum Gasteiger partial charge on any atom is 0.238 e. The molecule has 1 aromatic rings. The quantitative estimate of drug-likeness (QED) is 0.766. The van der Waals surface area contributed by atoms with Crippen molar-refractivity contribution in [3.05, 3.63) is 23.8 Å². The molecule has 1 aliphatic rings. The SMILES string of the molecule is N#CCCC(=O)N1C(=O)Cc2cc(N)ccc21. The van der Waals surface area contributed by atoms with Crippen molar-refractivity contribution in [2.24, 2.45) is 0 Å². The molecule has 1 aliphatic heterocycles. The molecule has 1 heterocycles. The lowest BCUT2D eigenvalue weighted by molar-refractivity contribution is -0.125. The Balaban J connectivity index is 2.29. The third kappa shape index (κ3) is 1.97. The highest BCUT2D eigenvalue weighted by atomic mass is 16.2. The molecule has 0 atom stereocenters. The van der Waals surface area contributed by atoms with Crippen LogP contribution >= 0.6 is 0 Å². The zero-order valence-electron chi connectivity index (χ0n) is 9.14. The smallest absolute Gasteiger partial charge is 0.238 e. The number of nitriles is 1. The summed E-state index contributed by atoms with van der Waals surface area (Å²) < 4.78 is 0.